The summed E-state index contributed by atoms with van der Waals surface area (Å²) >= 11 is 0. The summed E-state index contributed by atoms with van der Waals surface area (Å²) in [4.78, 5) is 2.03. The highest BCUT2D eigenvalue weighted by Gasteiger charge is 2.29. The van der Waals surface area contributed by atoms with Crippen molar-refractivity contribution in [1.82, 2.24) is 4.90 Å². The van der Waals surface area contributed by atoms with Crippen molar-refractivity contribution >= 4 is 0 Å². The van der Waals surface area contributed by atoms with E-state index in [1.165, 1.54) is 0 Å². The summed E-state index contributed by atoms with van der Waals surface area (Å²) in [5.41, 5.74) is 2.22. The van der Waals surface area contributed by atoms with Crippen LogP contribution in [-0.2, 0) is 6.54 Å². The lowest BCUT2D eigenvalue weighted by molar-refractivity contribution is 0.0572. The van der Waals surface area contributed by atoms with Crippen LogP contribution >= 0.6 is 0 Å². The number of likely N-dealkylation sites (tertiary alicyclic amines) is 1. The normalized spacial score (nSPS) is 23.6. The molecule has 1 saturated heterocycles. The molecule has 0 bridgehead atoms. The molecule has 1 heterocycles. The first kappa shape index (κ1) is 14.1. The number of aliphatic hydroxyl groups excluding tert-OH is 2. The van der Waals surface area contributed by atoms with E-state index in [4.69, 9.17) is 9.47 Å². The highest BCUT2D eigenvalue weighted by molar-refractivity contribution is 5.47. The zero-order chi connectivity index (χ0) is 14.0. The second-order valence-corrected chi connectivity index (χ2v) is 4.96. The molecule has 0 amide bonds. The highest BCUT2D eigenvalue weighted by atomic mass is 16.5. The van der Waals surface area contributed by atoms with E-state index in [-0.39, 0.29) is 0 Å². The van der Waals surface area contributed by atoms with Gasteiger partial charge in [0.15, 0.2) is 11.5 Å². The van der Waals surface area contributed by atoms with Crippen LogP contribution in [-0.4, -0.2) is 54.6 Å². The Bertz CT molecular complexity index is 439. The Labute approximate surface area is 113 Å². The number of β-amino-alcohol motifs (C(OH)–C–C–N with tert-alkyl or cyclic N) is 2. The number of hydrogen-bond donors (Lipinski definition) is 2. The van der Waals surface area contributed by atoms with Crippen LogP contribution in [0.2, 0.25) is 0 Å². The number of methoxy groups -OCH3 is 2. The van der Waals surface area contributed by atoms with Crippen molar-refractivity contribution in [2.24, 2.45) is 0 Å². The summed E-state index contributed by atoms with van der Waals surface area (Å²) in [5, 5.41) is 19.1. The lowest BCUT2D eigenvalue weighted by atomic mass is 10.1. The Kier molecular flexibility index (Phi) is 4.29. The molecule has 2 N–H and O–H groups in total. The Balaban J connectivity index is 2.16. The summed E-state index contributed by atoms with van der Waals surface area (Å²) in [6.45, 7) is 3.68. The summed E-state index contributed by atoms with van der Waals surface area (Å²) in [6, 6.07) is 3.89. The maximum Gasteiger partial charge on any atom is 0.161 e. The van der Waals surface area contributed by atoms with Gasteiger partial charge in [-0.1, -0.05) is 0 Å². The monoisotopic (exact) mass is 267 g/mol. The molecule has 2 unspecified atom stereocenters. The van der Waals surface area contributed by atoms with Gasteiger partial charge in [0, 0.05) is 19.6 Å². The fourth-order valence-electron chi connectivity index (χ4n) is 2.41. The van der Waals surface area contributed by atoms with Crippen molar-refractivity contribution in [1.29, 1.82) is 0 Å². The largest absolute Gasteiger partial charge is 0.493 e. The van der Waals surface area contributed by atoms with Gasteiger partial charge in [0.1, 0.15) is 0 Å². The fraction of sp³-hybridized carbons (Fsp3) is 0.571. The first-order valence-corrected chi connectivity index (χ1v) is 6.35. The van der Waals surface area contributed by atoms with Gasteiger partial charge in [0.25, 0.3) is 0 Å². The second-order valence-electron chi connectivity index (χ2n) is 4.96. The minimum absolute atomic E-state index is 0.495. The number of nitrogens with zero attached hydrogens (tertiary/aromatic N) is 1. The maximum absolute atomic E-state index is 9.56. The van der Waals surface area contributed by atoms with Gasteiger partial charge in [0.2, 0.25) is 0 Å². The minimum Gasteiger partial charge on any atom is -0.493 e. The summed E-state index contributed by atoms with van der Waals surface area (Å²) < 4.78 is 10.6. The van der Waals surface area contributed by atoms with Gasteiger partial charge in [-0.15, -0.1) is 0 Å². The topological polar surface area (TPSA) is 62.2 Å². The third kappa shape index (κ3) is 3.00. The minimum atomic E-state index is -0.652. The summed E-state index contributed by atoms with van der Waals surface area (Å²) in [7, 11) is 3.23. The van der Waals surface area contributed by atoms with Gasteiger partial charge in [-0.2, -0.15) is 0 Å². The third-order valence-corrected chi connectivity index (χ3v) is 3.57. The molecule has 106 valence electrons. The molecule has 0 radical (unpaired) electrons. The van der Waals surface area contributed by atoms with Gasteiger partial charge in [-0.3, -0.25) is 4.90 Å². The molecule has 0 aliphatic carbocycles. The third-order valence-electron chi connectivity index (χ3n) is 3.57. The Morgan fingerprint density at radius 1 is 1.11 bits per heavy atom. The molecule has 2 rings (SSSR count). The van der Waals surface area contributed by atoms with E-state index in [1.807, 2.05) is 24.0 Å². The summed E-state index contributed by atoms with van der Waals surface area (Å²) in [5.74, 6) is 1.41. The zero-order valence-corrected chi connectivity index (χ0v) is 11.6. The van der Waals surface area contributed by atoms with Crippen LogP contribution in [0, 0.1) is 6.92 Å². The quantitative estimate of drug-likeness (QED) is 0.834. The van der Waals surface area contributed by atoms with E-state index >= 15 is 0 Å². The van der Waals surface area contributed by atoms with Crippen molar-refractivity contribution in [3.8, 4) is 11.5 Å². The molecule has 5 nitrogen and oxygen atoms in total. The number of rotatable bonds is 4. The standard InChI is InChI=1S/C14H21NO4/c1-9-4-13(18-2)14(19-3)5-10(9)6-15-7-11(16)12(17)8-15/h4-5,11-12,16-17H,6-8H2,1-3H3. The molecular formula is C14H21NO4. The van der Waals surface area contributed by atoms with Crippen molar-refractivity contribution in [2.45, 2.75) is 25.7 Å². The zero-order valence-electron chi connectivity index (χ0n) is 11.6. The Morgan fingerprint density at radius 3 is 2.16 bits per heavy atom. The van der Waals surface area contributed by atoms with E-state index in [9.17, 15) is 10.2 Å². The SMILES string of the molecule is COc1cc(C)c(CN2CC(O)C(O)C2)cc1OC. The molecule has 1 fully saturated rings. The molecule has 0 spiro atoms. The highest BCUT2D eigenvalue weighted by Crippen LogP contribution is 2.31. The number of aliphatic hydroxyl groups is 2. The first-order chi connectivity index (χ1) is 9.05. The molecule has 0 saturated carbocycles. The van der Waals surface area contributed by atoms with E-state index in [0.717, 1.165) is 11.1 Å². The Hall–Kier alpha value is -1.30. The lowest BCUT2D eigenvalue weighted by Gasteiger charge is -2.18. The van der Waals surface area contributed by atoms with Crippen molar-refractivity contribution in [3.05, 3.63) is 23.3 Å². The number of aryl methyl sites for hydroxylation is 1. The molecule has 0 aromatic heterocycles. The van der Waals surface area contributed by atoms with Crippen molar-refractivity contribution in [3.63, 3.8) is 0 Å². The van der Waals surface area contributed by atoms with Gasteiger partial charge >= 0.3 is 0 Å². The predicted molar refractivity (Wildman–Crippen MR) is 71.6 cm³/mol. The van der Waals surface area contributed by atoms with E-state index in [1.54, 1.807) is 14.2 Å². The Morgan fingerprint density at radius 2 is 1.63 bits per heavy atom. The molecule has 19 heavy (non-hydrogen) atoms. The smallest absolute Gasteiger partial charge is 0.161 e. The first-order valence-electron chi connectivity index (χ1n) is 6.35. The molecule has 1 aromatic rings. The van der Waals surface area contributed by atoms with Crippen LogP contribution in [0.1, 0.15) is 11.1 Å². The van der Waals surface area contributed by atoms with Gasteiger partial charge < -0.3 is 19.7 Å². The van der Waals surface area contributed by atoms with E-state index in [0.29, 0.717) is 31.1 Å². The average Bonchev–Trinajstić information content (AvgIpc) is 2.70. The van der Waals surface area contributed by atoms with Crippen LogP contribution < -0.4 is 9.47 Å². The predicted octanol–water partition coefficient (Wildman–Crippen LogP) is 0.550. The van der Waals surface area contributed by atoms with Gasteiger partial charge in [-0.05, 0) is 30.2 Å². The molecule has 2 atom stereocenters. The van der Waals surface area contributed by atoms with Crippen LogP contribution in [0.3, 0.4) is 0 Å². The van der Waals surface area contributed by atoms with Crippen molar-refractivity contribution in [2.75, 3.05) is 27.3 Å². The summed E-state index contributed by atoms with van der Waals surface area (Å²) in [6.07, 6.45) is -1.30. The number of hydrogen-bond acceptors (Lipinski definition) is 5. The number of benzene rings is 1. The molecular weight excluding hydrogens is 246 g/mol. The molecule has 5 heteroatoms. The van der Waals surface area contributed by atoms with Crippen molar-refractivity contribution < 1.29 is 19.7 Å². The molecule has 1 aliphatic rings. The van der Waals surface area contributed by atoms with E-state index < -0.39 is 12.2 Å². The average molecular weight is 267 g/mol. The molecule has 1 aromatic carbocycles. The van der Waals surface area contributed by atoms with Crippen LogP contribution in [0.5, 0.6) is 11.5 Å². The van der Waals surface area contributed by atoms with E-state index in [2.05, 4.69) is 0 Å². The van der Waals surface area contributed by atoms with Crippen LogP contribution in [0.25, 0.3) is 0 Å². The van der Waals surface area contributed by atoms with Crippen LogP contribution in [0.15, 0.2) is 12.1 Å². The number of ether oxygens (including phenoxy) is 2. The lowest BCUT2D eigenvalue weighted by Crippen LogP contribution is -2.22. The van der Waals surface area contributed by atoms with Gasteiger partial charge in [-0.25, -0.2) is 0 Å². The maximum atomic E-state index is 9.56. The molecule has 1 aliphatic heterocycles. The van der Waals surface area contributed by atoms with Crippen LogP contribution in [0.4, 0.5) is 0 Å². The fourth-order valence-corrected chi connectivity index (χ4v) is 2.41. The second kappa shape index (κ2) is 5.77. The van der Waals surface area contributed by atoms with Gasteiger partial charge in [0.05, 0.1) is 26.4 Å².